The van der Waals surface area contributed by atoms with E-state index < -0.39 is 0 Å². The van der Waals surface area contributed by atoms with Crippen LogP contribution in [0.4, 0.5) is 0 Å². The molecular weight excluding hydrogens is 142 g/mol. The fraction of sp³-hybridized carbons (Fsp3) is 0.857. The van der Waals surface area contributed by atoms with Gasteiger partial charge in [0, 0.05) is 19.6 Å². The van der Waals surface area contributed by atoms with Gasteiger partial charge in [0.25, 0.3) is 0 Å². The van der Waals surface area contributed by atoms with Gasteiger partial charge >= 0.3 is 0 Å². The lowest BCUT2D eigenvalue weighted by Crippen LogP contribution is -2.38. The van der Waals surface area contributed by atoms with Crippen LogP contribution in [0.5, 0.6) is 0 Å². The molecular formula is C7H15N3O. The summed E-state index contributed by atoms with van der Waals surface area (Å²) >= 11 is 0. The van der Waals surface area contributed by atoms with E-state index >= 15 is 0 Å². The number of rotatable bonds is 4. The van der Waals surface area contributed by atoms with Crippen molar-refractivity contribution in [1.29, 1.82) is 0 Å². The molecule has 0 aromatic heterocycles. The second kappa shape index (κ2) is 3.19. The molecule has 1 rings (SSSR count). The molecule has 0 radical (unpaired) electrons. The van der Waals surface area contributed by atoms with Gasteiger partial charge in [-0.3, -0.25) is 4.79 Å². The molecule has 0 saturated heterocycles. The van der Waals surface area contributed by atoms with Crippen LogP contribution >= 0.6 is 0 Å². The van der Waals surface area contributed by atoms with Crippen LogP contribution in [0.2, 0.25) is 0 Å². The van der Waals surface area contributed by atoms with E-state index in [0.29, 0.717) is 19.6 Å². The van der Waals surface area contributed by atoms with Crippen LogP contribution in [0.25, 0.3) is 0 Å². The minimum Gasteiger partial charge on any atom is -0.354 e. The van der Waals surface area contributed by atoms with E-state index in [1.807, 2.05) is 0 Å². The van der Waals surface area contributed by atoms with Gasteiger partial charge in [-0.1, -0.05) is 0 Å². The molecule has 0 heterocycles. The number of amides is 1. The maximum Gasteiger partial charge on any atom is 0.227 e. The van der Waals surface area contributed by atoms with Gasteiger partial charge in [0.2, 0.25) is 5.91 Å². The zero-order valence-electron chi connectivity index (χ0n) is 6.60. The maximum atomic E-state index is 11.3. The summed E-state index contributed by atoms with van der Waals surface area (Å²) in [4.78, 5) is 11.3. The summed E-state index contributed by atoms with van der Waals surface area (Å²) in [6.45, 7) is 1.51. The molecule has 4 nitrogen and oxygen atoms in total. The Labute approximate surface area is 66.3 Å². The molecule has 0 unspecified atom stereocenters. The first-order chi connectivity index (χ1) is 5.25. The summed E-state index contributed by atoms with van der Waals surface area (Å²) in [6, 6.07) is 0. The van der Waals surface area contributed by atoms with E-state index in [1.165, 1.54) is 0 Å². The van der Waals surface area contributed by atoms with Crippen LogP contribution in [0, 0.1) is 5.41 Å². The summed E-state index contributed by atoms with van der Waals surface area (Å²) in [6.07, 6.45) is 1.86. The van der Waals surface area contributed by atoms with Crippen LogP contribution in [0.1, 0.15) is 12.8 Å². The van der Waals surface area contributed by atoms with E-state index in [2.05, 4.69) is 5.32 Å². The van der Waals surface area contributed by atoms with Crippen molar-refractivity contribution in [2.75, 3.05) is 19.6 Å². The Morgan fingerprint density at radius 3 is 2.45 bits per heavy atom. The zero-order chi connectivity index (χ0) is 8.32. The molecule has 0 spiro atoms. The summed E-state index contributed by atoms with van der Waals surface area (Å²) in [7, 11) is 0. The third kappa shape index (κ3) is 1.70. The van der Waals surface area contributed by atoms with E-state index in [1.54, 1.807) is 0 Å². The molecule has 1 fully saturated rings. The minimum atomic E-state index is -0.227. The van der Waals surface area contributed by atoms with Crippen LogP contribution in [0.3, 0.4) is 0 Å². The molecule has 0 aromatic carbocycles. The third-order valence-electron chi connectivity index (χ3n) is 2.16. The Morgan fingerprint density at radius 1 is 1.45 bits per heavy atom. The summed E-state index contributed by atoms with van der Waals surface area (Å²) in [5.41, 5.74) is 10.5. The number of carbonyl (C=O) groups is 1. The van der Waals surface area contributed by atoms with Crippen molar-refractivity contribution in [3.8, 4) is 0 Å². The first-order valence-electron chi connectivity index (χ1n) is 3.93. The normalized spacial score (nSPS) is 19.5. The Kier molecular flexibility index (Phi) is 2.46. The quantitative estimate of drug-likeness (QED) is 0.479. The van der Waals surface area contributed by atoms with E-state index in [0.717, 1.165) is 12.8 Å². The number of hydrogen-bond acceptors (Lipinski definition) is 3. The zero-order valence-corrected chi connectivity index (χ0v) is 6.60. The van der Waals surface area contributed by atoms with Gasteiger partial charge in [-0.05, 0) is 12.8 Å². The Bertz CT molecular complexity index is 154. The fourth-order valence-corrected chi connectivity index (χ4v) is 1.05. The van der Waals surface area contributed by atoms with Crippen molar-refractivity contribution in [3.63, 3.8) is 0 Å². The molecule has 11 heavy (non-hydrogen) atoms. The summed E-state index contributed by atoms with van der Waals surface area (Å²) in [5.74, 6) is 0.0745. The molecule has 4 heteroatoms. The lowest BCUT2D eigenvalue weighted by Gasteiger charge is -2.11. The first kappa shape index (κ1) is 8.49. The van der Waals surface area contributed by atoms with Gasteiger partial charge in [-0.2, -0.15) is 0 Å². The fourth-order valence-electron chi connectivity index (χ4n) is 1.05. The lowest BCUT2D eigenvalue weighted by atomic mass is 10.1. The second-order valence-corrected chi connectivity index (χ2v) is 3.03. The predicted octanol–water partition coefficient (Wildman–Crippen LogP) is -1.20. The minimum absolute atomic E-state index is 0.0745. The van der Waals surface area contributed by atoms with E-state index in [4.69, 9.17) is 11.5 Å². The molecule has 1 aliphatic carbocycles. The standard InChI is InChI=1S/C7H15N3O/c8-3-4-10-6(11)7(5-9)1-2-7/h1-5,8-9H2,(H,10,11). The third-order valence-corrected chi connectivity index (χ3v) is 2.16. The van der Waals surface area contributed by atoms with Crippen molar-refractivity contribution in [2.45, 2.75) is 12.8 Å². The molecule has 1 amide bonds. The number of hydrogen-bond donors (Lipinski definition) is 3. The van der Waals surface area contributed by atoms with Crippen LogP contribution in [0.15, 0.2) is 0 Å². The molecule has 5 N–H and O–H groups in total. The molecule has 0 atom stereocenters. The molecule has 0 aliphatic heterocycles. The van der Waals surface area contributed by atoms with Gasteiger partial charge in [0.15, 0.2) is 0 Å². The maximum absolute atomic E-state index is 11.3. The smallest absolute Gasteiger partial charge is 0.227 e. The largest absolute Gasteiger partial charge is 0.354 e. The highest BCUT2D eigenvalue weighted by atomic mass is 16.2. The van der Waals surface area contributed by atoms with E-state index in [9.17, 15) is 4.79 Å². The molecule has 1 aliphatic rings. The molecule has 64 valence electrons. The highest BCUT2D eigenvalue weighted by Gasteiger charge is 2.48. The van der Waals surface area contributed by atoms with Crippen molar-refractivity contribution in [3.05, 3.63) is 0 Å². The Balaban J connectivity index is 2.29. The lowest BCUT2D eigenvalue weighted by molar-refractivity contribution is -0.125. The Hall–Kier alpha value is -0.610. The van der Waals surface area contributed by atoms with Crippen molar-refractivity contribution in [1.82, 2.24) is 5.32 Å². The van der Waals surface area contributed by atoms with Gasteiger partial charge in [0.1, 0.15) is 0 Å². The SMILES string of the molecule is NCCNC(=O)C1(CN)CC1. The van der Waals surface area contributed by atoms with Crippen LogP contribution < -0.4 is 16.8 Å². The van der Waals surface area contributed by atoms with Gasteiger partial charge in [0.05, 0.1) is 5.41 Å². The molecule has 0 aromatic rings. The average molecular weight is 157 g/mol. The predicted molar refractivity (Wildman–Crippen MR) is 42.8 cm³/mol. The van der Waals surface area contributed by atoms with Crippen LogP contribution in [-0.2, 0) is 4.79 Å². The average Bonchev–Trinajstić information content (AvgIpc) is 2.80. The monoisotopic (exact) mass is 157 g/mol. The van der Waals surface area contributed by atoms with E-state index in [-0.39, 0.29) is 11.3 Å². The molecule has 0 bridgehead atoms. The number of nitrogens with two attached hydrogens (primary N) is 2. The topological polar surface area (TPSA) is 81.1 Å². The van der Waals surface area contributed by atoms with Crippen LogP contribution in [-0.4, -0.2) is 25.5 Å². The Morgan fingerprint density at radius 2 is 2.09 bits per heavy atom. The molecule has 1 saturated carbocycles. The second-order valence-electron chi connectivity index (χ2n) is 3.03. The van der Waals surface area contributed by atoms with Gasteiger partial charge in [-0.15, -0.1) is 0 Å². The van der Waals surface area contributed by atoms with Crippen molar-refractivity contribution >= 4 is 5.91 Å². The van der Waals surface area contributed by atoms with Crippen molar-refractivity contribution < 1.29 is 4.79 Å². The van der Waals surface area contributed by atoms with Gasteiger partial charge < -0.3 is 16.8 Å². The van der Waals surface area contributed by atoms with Crippen molar-refractivity contribution in [2.24, 2.45) is 16.9 Å². The summed E-state index contributed by atoms with van der Waals surface area (Å²) in [5, 5.41) is 2.74. The first-order valence-corrected chi connectivity index (χ1v) is 3.93. The number of carbonyl (C=O) groups excluding carboxylic acids is 1. The highest BCUT2D eigenvalue weighted by Crippen LogP contribution is 2.44. The van der Waals surface area contributed by atoms with Gasteiger partial charge in [-0.25, -0.2) is 0 Å². The summed E-state index contributed by atoms with van der Waals surface area (Å²) < 4.78 is 0. The number of nitrogens with one attached hydrogen (secondary N) is 1. The highest BCUT2D eigenvalue weighted by molar-refractivity contribution is 5.85.